The van der Waals surface area contributed by atoms with E-state index in [1.165, 1.54) is 19.3 Å². The quantitative estimate of drug-likeness (QED) is 0.504. The highest BCUT2D eigenvalue weighted by atomic mass is 14.6. The maximum atomic E-state index is 2.39. The Labute approximate surface area is 57.6 Å². The predicted octanol–water partition coefficient (Wildman–Crippen LogP) is 2.83. The fraction of sp³-hybridized carbons (Fsp3) is 1.00. The lowest BCUT2D eigenvalue weighted by atomic mass is 9.90. The molecule has 2 aliphatic carbocycles. The number of hydrogen-bond acceptors (Lipinski definition) is 0. The SMILES string of the molecule is CC(C)[C@]12CCCC1C2. The molecule has 0 radical (unpaired) electrons. The van der Waals surface area contributed by atoms with Crippen LogP contribution in [-0.4, -0.2) is 0 Å². The van der Waals surface area contributed by atoms with E-state index in [2.05, 4.69) is 13.8 Å². The molecule has 0 saturated heterocycles. The Bertz CT molecular complexity index is 122. The van der Waals surface area contributed by atoms with E-state index in [-0.39, 0.29) is 0 Å². The van der Waals surface area contributed by atoms with Gasteiger partial charge in [-0.15, -0.1) is 0 Å². The van der Waals surface area contributed by atoms with Gasteiger partial charge in [0, 0.05) is 0 Å². The summed E-state index contributed by atoms with van der Waals surface area (Å²) in [6, 6.07) is 0. The molecule has 1 unspecified atom stereocenters. The summed E-state index contributed by atoms with van der Waals surface area (Å²) in [6.45, 7) is 4.79. The molecule has 2 saturated carbocycles. The zero-order chi connectivity index (χ0) is 6.48. The first-order valence-corrected chi connectivity index (χ1v) is 4.26. The number of fused-ring (bicyclic) bond motifs is 1. The minimum absolute atomic E-state index is 0.861. The number of rotatable bonds is 1. The van der Waals surface area contributed by atoms with E-state index in [0.29, 0.717) is 0 Å². The van der Waals surface area contributed by atoms with Gasteiger partial charge in [-0.05, 0) is 36.5 Å². The molecule has 0 aromatic heterocycles. The summed E-state index contributed by atoms with van der Waals surface area (Å²) in [5.41, 5.74) is 0.861. The molecule has 9 heavy (non-hydrogen) atoms. The summed E-state index contributed by atoms with van der Waals surface area (Å²) in [5, 5.41) is 0. The summed E-state index contributed by atoms with van der Waals surface area (Å²) < 4.78 is 0. The van der Waals surface area contributed by atoms with Crippen molar-refractivity contribution in [3.05, 3.63) is 0 Å². The summed E-state index contributed by atoms with van der Waals surface area (Å²) in [7, 11) is 0. The van der Waals surface area contributed by atoms with Crippen LogP contribution >= 0.6 is 0 Å². The minimum atomic E-state index is 0.861. The molecule has 2 atom stereocenters. The van der Waals surface area contributed by atoms with E-state index in [4.69, 9.17) is 0 Å². The van der Waals surface area contributed by atoms with Crippen LogP contribution in [0.25, 0.3) is 0 Å². The predicted molar refractivity (Wildman–Crippen MR) is 39.2 cm³/mol. The second kappa shape index (κ2) is 1.53. The summed E-state index contributed by atoms with van der Waals surface area (Å²) in [4.78, 5) is 0. The van der Waals surface area contributed by atoms with Crippen LogP contribution in [0.3, 0.4) is 0 Å². The standard InChI is InChI=1S/C9H16/c1-7(2)9-5-3-4-8(9)6-9/h7-8H,3-6H2,1-2H3/t8?,9-/m1/s1. The van der Waals surface area contributed by atoms with Gasteiger partial charge in [0.15, 0.2) is 0 Å². The highest BCUT2D eigenvalue weighted by Gasteiger charge is 2.57. The van der Waals surface area contributed by atoms with Crippen LogP contribution in [0.5, 0.6) is 0 Å². The van der Waals surface area contributed by atoms with Crippen molar-refractivity contribution in [1.29, 1.82) is 0 Å². The van der Waals surface area contributed by atoms with Crippen LogP contribution in [0.2, 0.25) is 0 Å². The van der Waals surface area contributed by atoms with Gasteiger partial charge in [-0.3, -0.25) is 0 Å². The van der Waals surface area contributed by atoms with Crippen LogP contribution < -0.4 is 0 Å². The zero-order valence-electron chi connectivity index (χ0n) is 6.48. The molecule has 2 fully saturated rings. The van der Waals surface area contributed by atoms with Crippen molar-refractivity contribution in [1.82, 2.24) is 0 Å². The molecule has 0 nitrogen and oxygen atoms in total. The third-order valence-electron chi connectivity index (χ3n) is 3.62. The molecule has 0 bridgehead atoms. The molecular formula is C9H16. The third-order valence-corrected chi connectivity index (χ3v) is 3.62. The van der Waals surface area contributed by atoms with E-state index < -0.39 is 0 Å². The highest BCUT2D eigenvalue weighted by Crippen LogP contribution is 2.67. The van der Waals surface area contributed by atoms with E-state index in [1.807, 2.05) is 0 Å². The second-order valence-corrected chi connectivity index (χ2v) is 4.18. The normalized spacial score (nSPS) is 47.7. The molecule has 0 N–H and O–H groups in total. The zero-order valence-corrected chi connectivity index (χ0v) is 6.48. The first-order valence-electron chi connectivity index (χ1n) is 4.26. The number of hydrogen-bond donors (Lipinski definition) is 0. The third kappa shape index (κ3) is 0.595. The largest absolute Gasteiger partial charge is 0.0622 e. The van der Waals surface area contributed by atoms with Gasteiger partial charge in [0.2, 0.25) is 0 Å². The molecular weight excluding hydrogens is 108 g/mol. The van der Waals surface area contributed by atoms with Crippen molar-refractivity contribution < 1.29 is 0 Å². The van der Waals surface area contributed by atoms with Gasteiger partial charge in [0.05, 0.1) is 0 Å². The van der Waals surface area contributed by atoms with Gasteiger partial charge >= 0.3 is 0 Å². The lowest BCUT2D eigenvalue weighted by Gasteiger charge is -2.15. The van der Waals surface area contributed by atoms with Crippen LogP contribution in [0.1, 0.15) is 39.5 Å². The summed E-state index contributed by atoms with van der Waals surface area (Å²) in [5.74, 6) is 2.11. The Balaban J connectivity index is 2.10. The smallest absolute Gasteiger partial charge is 0.0243 e. The molecule has 52 valence electrons. The Hall–Kier alpha value is 0. The van der Waals surface area contributed by atoms with E-state index in [0.717, 1.165) is 17.3 Å². The van der Waals surface area contributed by atoms with E-state index in [9.17, 15) is 0 Å². The lowest BCUT2D eigenvalue weighted by molar-refractivity contribution is 0.343. The molecule has 0 heteroatoms. The maximum absolute atomic E-state index is 2.39. The topological polar surface area (TPSA) is 0 Å². The van der Waals surface area contributed by atoms with Gasteiger partial charge in [0.1, 0.15) is 0 Å². The van der Waals surface area contributed by atoms with Gasteiger partial charge < -0.3 is 0 Å². The van der Waals surface area contributed by atoms with Crippen LogP contribution in [0.4, 0.5) is 0 Å². The summed E-state index contributed by atoms with van der Waals surface area (Å²) >= 11 is 0. The van der Waals surface area contributed by atoms with Gasteiger partial charge in [0.25, 0.3) is 0 Å². The fourth-order valence-electron chi connectivity index (χ4n) is 2.77. The Morgan fingerprint density at radius 3 is 2.44 bits per heavy atom. The average molecular weight is 124 g/mol. The van der Waals surface area contributed by atoms with Crippen molar-refractivity contribution in [3.63, 3.8) is 0 Å². The minimum Gasteiger partial charge on any atom is -0.0622 e. The van der Waals surface area contributed by atoms with Crippen molar-refractivity contribution >= 4 is 0 Å². The van der Waals surface area contributed by atoms with Crippen molar-refractivity contribution in [3.8, 4) is 0 Å². The Morgan fingerprint density at radius 2 is 2.22 bits per heavy atom. The van der Waals surface area contributed by atoms with Crippen LogP contribution in [0, 0.1) is 17.3 Å². The monoisotopic (exact) mass is 124 g/mol. The van der Waals surface area contributed by atoms with Gasteiger partial charge in [-0.1, -0.05) is 20.3 Å². The second-order valence-electron chi connectivity index (χ2n) is 4.18. The van der Waals surface area contributed by atoms with Crippen molar-refractivity contribution in [2.45, 2.75) is 39.5 Å². The molecule has 0 aliphatic heterocycles. The van der Waals surface area contributed by atoms with E-state index in [1.54, 1.807) is 6.42 Å². The van der Waals surface area contributed by atoms with Crippen molar-refractivity contribution in [2.24, 2.45) is 17.3 Å². The fourth-order valence-corrected chi connectivity index (χ4v) is 2.77. The average Bonchev–Trinajstić information content (AvgIpc) is 2.38. The first-order chi connectivity index (χ1) is 4.26. The molecule has 0 amide bonds. The Morgan fingerprint density at radius 1 is 1.44 bits per heavy atom. The maximum Gasteiger partial charge on any atom is -0.0243 e. The molecule has 0 aromatic carbocycles. The highest BCUT2D eigenvalue weighted by molar-refractivity contribution is 5.07. The van der Waals surface area contributed by atoms with E-state index >= 15 is 0 Å². The molecule has 2 rings (SSSR count). The molecule has 0 heterocycles. The molecule has 0 aromatic rings. The van der Waals surface area contributed by atoms with Crippen LogP contribution in [0.15, 0.2) is 0 Å². The molecule has 0 spiro atoms. The lowest BCUT2D eigenvalue weighted by Crippen LogP contribution is -2.07. The van der Waals surface area contributed by atoms with Crippen LogP contribution in [-0.2, 0) is 0 Å². The van der Waals surface area contributed by atoms with Crippen molar-refractivity contribution in [2.75, 3.05) is 0 Å². The summed E-state index contributed by atoms with van der Waals surface area (Å²) in [6.07, 6.45) is 6.15. The van der Waals surface area contributed by atoms with Gasteiger partial charge in [-0.25, -0.2) is 0 Å². The van der Waals surface area contributed by atoms with Gasteiger partial charge in [-0.2, -0.15) is 0 Å². The first kappa shape index (κ1) is 5.76. The Kier molecular flexibility index (Phi) is 0.980. The molecule has 2 aliphatic rings.